The quantitative estimate of drug-likeness (QED) is 0.295. The van der Waals surface area contributed by atoms with Gasteiger partial charge in [0, 0.05) is 32.6 Å². The summed E-state index contributed by atoms with van der Waals surface area (Å²) in [6.07, 6.45) is 0.516. The number of likely N-dealkylation sites (N-methyl/N-ethyl adjacent to an activating group) is 1. The molecule has 0 aliphatic carbocycles. The smallest absolute Gasteiger partial charge is 0.226 e. The van der Waals surface area contributed by atoms with Crippen LogP contribution in [0.25, 0.3) is 0 Å². The Morgan fingerprint density at radius 2 is 1.95 bits per heavy atom. The van der Waals surface area contributed by atoms with Crippen molar-refractivity contribution in [1.29, 1.82) is 0 Å². The third-order valence-electron chi connectivity index (χ3n) is 3.09. The summed E-state index contributed by atoms with van der Waals surface area (Å²) < 4.78 is 0. The van der Waals surface area contributed by atoms with E-state index in [1.807, 2.05) is 0 Å². The van der Waals surface area contributed by atoms with Gasteiger partial charge in [-0.25, -0.2) is 0 Å². The highest BCUT2D eigenvalue weighted by molar-refractivity contribution is 5.97. The normalized spacial score (nSPS) is 11.0. The molecule has 2 amide bonds. The Kier molecular flexibility index (Phi) is 6.19. The average molecular weight is 292 g/mol. The summed E-state index contributed by atoms with van der Waals surface area (Å²) in [4.78, 5) is 24.6. The van der Waals surface area contributed by atoms with Gasteiger partial charge in [-0.2, -0.15) is 0 Å². The molecule has 0 saturated carbocycles. The van der Waals surface area contributed by atoms with Crippen LogP contribution in [0, 0.1) is 0 Å². The number of rotatable bonds is 6. The summed E-state index contributed by atoms with van der Waals surface area (Å²) in [7, 11) is 3.23. The first-order chi connectivity index (χ1) is 9.97. The van der Waals surface area contributed by atoms with Crippen LogP contribution in [0.5, 0.6) is 0 Å². The van der Waals surface area contributed by atoms with E-state index in [0.29, 0.717) is 12.1 Å². The Morgan fingerprint density at radius 1 is 1.33 bits per heavy atom. The van der Waals surface area contributed by atoms with Gasteiger partial charge in [0.15, 0.2) is 5.84 Å². The Hall–Kier alpha value is -2.57. The van der Waals surface area contributed by atoms with E-state index in [1.165, 1.54) is 4.90 Å². The molecule has 7 heteroatoms. The number of hydrogen-bond donors (Lipinski definition) is 3. The molecule has 21 heavy (non-hydrogen) atoms. The van der Waals surface area contributed by atoms with E-state index in [1.54, 1.807) is 38.4 Å². The number of amides is 2. The van der Waals surface area contributed by atoms with Crippen LogP contribution in [0.15, 0.2) is 29.4 Å². The third kappa shape index (κ3) is 5.13. The van der Waals surface area contributed by atoms with Gasteiger partial charge in [0.2, 0.25) is 11.8 Å². The minimum Gasteiger partial charge on any atom is -0.409 e. The lowest BCUT2D eigenvalue weighted by atomic mass is 10.1. The van der Waals surface area contributed by atoms with Crippen LogP contribution in [-0.2, 0) is 16.0 Å². The van der Waals surface area contributed by atoms with Crippen LogP contribution >= 0.6 is 0 Å². The van der Waals surface area contributed by atoms with Crippen molar-refractivity contribution in [3.63, 3.8) is 0 Å². The molecule has 0 bridgehead atoms. The SMILES string of the molecule is CNC(=O)CCN(C)C(=O)Cc1ccc(/C(N)=N/O)cc1. The first-order valence-electron chi connectivity index (χ1n) is 6.49. The fraction of sp³-hybridized carbons (Fsp3) is 0.357. The van der Waals surface area contributed by atoms with Crippen molar-refractivity contribution in [2.75, 3.05) is 20.6 Å². The lowest BCUT2D eigenvalue weighted by Gasteiger charge is -2.16. The molecular weight excluding hydrogens is 272 g/mol. The van der Waals surface area contributed by atoms with Gasteiger partial charge in [0.25, 0.3) is 0 Å². The Balaban J connectivity index is 2.56. The van der Waals surface area contributed by atoms with Crippen LogP contribution in [0.1, 0.15) is 17.5 Å². The van der Waals surface area contributed by atoms with E-state index in [4.69, 9.17) is 10.9 Å². The minimum atomic E-state index is -0.0993. The van der Waals surface area contributed by atoms with Crippen molar-refractivity contribution < 1.29 is 14.8 Å². The van der Waals surface area contributed by atoms with Crippen molar-refractivity contribution >= 4 is 17.6 Å². The Labute approximate surface area is 123 Å². The van der Waals surface area contributed by atoms with Crippen molar-refractivity contribution in [3.05, 3.63) is 35.4 Å². The van der Waals surface area contributed by atoms with E-state index in [-0.39, 0.29) is 30.5 Å². The number of benzene rings is 1. The van der Waals surface area contributed by atoms with E-state index in [9.17, 15) is 9.59 Å². The molecule has 0 aliphatic rings. The fourth-order valence-corrected chi connectivity index (χ4v) is 1.68. The zero-order chi connectivity index (χ0) is 15.8. The number of carbonyl (C=O) groups excluding carboxylic acids is 2. The van der Waals surface area contributed by atoms with Gasteiger partial charge in [-0.3, -0.25) is 9.59 Å². The van der Waals surface area contributed by atoms with Crippen LogP contribution in [0.3, 0.4) is 0 Å². The molecule has 7 nitrogen and oxygen atoms in total. The van der Waals surface area contributed by atoms with Crippen LogP contribution < -0.4 is 11.1 Å². The summed E-state index contributed by atoms with van der Waals surface area (Å²) in [6.45, 7) is 0.376. The fourth-order valence-electron chi connectivity index (χ4n) is 1.68. The predicted molar refractivity (Wildman–Crippen MR) is 79.0 cm³/mol. The number of nitrogens with one attached hydrogen (secondary N) is 1. The maximum atomic E-state index is 12.0. The topological polar surface area (TPSA) is 108 Å². The first kappa shape index (κ1) is 16.5. The highest BCUT2D eigenvalue weighted by atomic mass is 16.4. The summed E-state index contributed by atoms with van der Waals surface area (Å²) in [5, 5.41) is 14.0. The van der Waals surface area contributed by atoms with Gasteiger partial charge >= 0.3 is 0 Å². The molecular formula is C14H20N4O3. The van der Waals surface area contributed by atoms with E-state index >= 15 is 0 Å². The van der Waals surface area contributed by atoms with Gasteiger partial charge in [-0.1, -0.05) is 29.4 Å². The number of hydrogen-bond acceptors (Lipinski definition) is 4. The van der Waals surface area contributed by atoms with E-state index in [2.05, 4.69) is 10.5 Å². The molecule has 1 aromatic rings. The molecule has 0 aromatic heterocycles. The molecule has 0 unspecified atom stereocenters. The zero-order valence-corrected chi connectivity index (χ0v) is 12.2. The minimum absolute atomic E-state index is 0.0237. The highest BCUT2D eigenvalue weighted by Crippen LogP contribution is 2.06. The van der Waals surface area contributed by atoms with Gasteiger partial charge in [0.1, 0.15) is 0 Å². The van der Waals surface area contributed by atoms with Gasteiger partial charge < -0.3 is 21.2 Å². The van der Waals surface area contributed by atoms with Crippen LogP contribution in [0.4, 0.5) is 0 Å². The van der Waals surface area contributed by atoms with Crippen LogP contribution in [0.2, 0.25) is 0 Å². The molecule has 0 aliphatic heterocycles. The highest BCUT2D eigenvalue weighted by Gasteiger charge is 2.11. The standard InChI is InChI=1S/C14H20N4O3/c1-16-12(19)7-8-18(2)13(20)9-10-3-5-11(6-4-10)14(15)17-21/h3-6,21H,7-9H2,1-2H3,(H2,15,17)(H,16,19). The first-order valence-corrected chi connectivity index (χ1v) is 6.49. The zero-order valence-electron chi connectivity index (χ0n) is 12.2. The summed E-state index contributed by atoms with van der Waals surface area (Å²) in [5.74, 6) is -0.149. The Morgan fingerprint density at radius 3 is 2.48 bits per heavy atom. The number of amidine groups is 1. The van der Waals surface area contributed by atoms with Gasteiger partial charge in [-0.15, -0.1) is 0 Å². The third-order valence-corrected chi connectivity index (χ3v) is 3.09. The summed E-state index contributed by atoms with van der Waals surface area (Å²) in [6, 6.07) is 6.86. The molecule has 0 radical (unpaired) electrons. The number of nitrogens with zero attached hydrogens (tertiary/aromatic N) is 2. The van der Waals surface area contributed by atoms with Crippen LogP contribution in [-0.4, -0.2) is 48.4 Å². The summed E-state index contributed by atoms with van der Waals surface area (Å²) >= 11 is 0. The largest absolute Gasteiger partial charge is 0.409 e. The lowest BCUT2D eigenvalue weighted by molar-refractivity contribution is -0.129. The second-order valence-corrected chi connectivity index (χ2v) is 4.60. The molecule has 114 valence electrons. The number of nitrogens with two attached hydrogens (primary N) is 1. The van der Waals surface area contributed by atoms with Crippen molar-refractivity contribution in [3.8, 4) is 0 Å². The molecule has 1 rings (SSSR count). The Bertz CT molecular complexity index is 526. The second-order valence-electron chi connectivity index (χ2n) is 4.60. The van der Waals surface area contributed by atoms with Gasteiger partial charge in [-0.05, 0) is 5.56 Å². The van der Waals surface area contributed by atoms with Crippen molar-refractivity contribution in [2.45, 2.75) is 12.8 Å². The maximum absolute atomic E-state index is 12.0. The molecule has 0 atom stereocenters. The molecule has 4 N–H and O–H groups in total. The second kappa shape index (κ2) is 7.88. The van der Waals surface area contributed by atoms with Gasteiger partial charge in [0.05, 0.1) is 6.42 Å². The maximum Gasteiger partial charge on any atom is 0.226 e. The lowest BCUT2D eigenvalue weighted by Crippen LogP contribution is -2.32. The monoisotopic (exact) mass is 292 g/mol. The summed E-state index contributed by atoms with van der Waals surface area (Å²) in [5.41, 5.74) is 6.87. The molecule has 1 aromatic carbocycles. The predicted octanol–water partition coefficient (Wildman–Crippen LogP) is -0.0819. The molecule has 0 saturated heterocycles. The number of oxime groups is 1. The van der Waals surface area contributed by atoms with E-state index < -0.39 is 0 Å². The number of carbonyl (C=O) groups is 2. The molecule has 0 spiro atoms. The average Bonchev–Trinajstić information content (AvgIpc) is 2.51. The van der Waals surface area contributed by atoms with Crippen molar-refractivity contribution in [2.24, 2.45) is 10.9 Å². The molecule has 0 fully saturated rings. The van der Waals surface area contributed by atoms with E-state index in [0.717, 1.165) is 5.56 Å². The molecule has 0 heterocycles. The van der Waals surface area contributed by atoms with Crippen molar-refractivity contribution in [1.82, 2.24) is 10.2 Å².